The van der Waals surface area contributed by atoms with Crippen LogP contribution in [0.15, 0.2) is 12.7 Å². The summed E-state index contributed by atoms with van der Waals surface area (Å²) < 4.78 is 4.22. The largest absolute Gasteiger partial charge is 0.462 e. The van der Waals surface area contributed by atoms with Gasteiger partial charge in [-0.05, 0) is 0 Å². The normalized spacial score (nSPS) is 8.55. The summed E-state index contributed by atoms with van der Waals surface area (Å²) >= 11 is 0. The summed E-state index contributed by atoms with van der Waals surface area (Å²) in [5.74, 6) is -1.51. The second-order valence-electron chi connectivity index (χ2n) is 1.97. The van der Waals surface area contributed by atoms with E-state index >= 15 is 0 Å². The summed E-state index contributed by atoms with van der Waals surface area (Å²) in [4.78, 5) is 22.7. The van der Waals surface area contributed by atoms with Gasteiger partial charge in [0.2, 0.25) is 0 Å². The van der Waals surface area contributed by atoms with E-state index in [2.05, 4.69) is 11.3 Å². The SMILES string of the molecule is C=CCN(C)C(=O)C(=O)OC. The maximum atomic E-state index is 10.9. The van der Waals surface area contributed by atoms with E-state index in [1.54, 1.807) is 0 Å². The fraction of sp³-hybridized carbons (Fsp3) is 0.429. The van der Waals surface area contributed by atoms with Gasteiger partial charge in [-0.2, -0.15) is 0 Å². The number of rotatable bonds is 2. The molecule has 0 aromatic rings. The molecule has 0 rings (SSSR count). The number of esters is 1. The fourth-order valence-electron chi connectivity index (χ4n) is 0.520. The minimum atomic E-state index is -0.852. The summed E-state index contributed by atoms with van der Waals surface area (Å²) in [6, 6.07) is 0. The predicted octanol–water partition coefficient (Wildman–Crippen LogP) is -0.196. The lowest BCUT2D eigenvalue weighted by Gasteiger charge is -2.11. The molecule has 0 spiro atoms. The Morgan fingerprint density at radius 3 is 2.55 bits per heavy atom. The molecule has 0 aliphatic heterocycles. The first kappa shape index (κ1) is 9.68. The van der Waals surface area contributed by atoms with Gasteiger partial charge >= 0.3 is 11.9 Å². The van der Waals surface area contributed by atoms with Crippen LogP contribution in [0.2, 0.25) is 0 Å². The highest BCUT2D eigenvalue weighted by molar-refractivity contribution is 6.32. The van der Waals surface area contributed by atoms with Crippen LogP contribution < -0.4 is 0 Å². The maximum Gasteiger partial charge on any atom is 0.396 e. The van der Waals surface area contributed by atoms with Gasteiger partial charge in [-0.15, -0.1) is 6.58 Å². The van der Waals surface area contributed by atoms with Gasteiger partial charge in [0.15, 0.2) is 0 Å². The van der Waals surface area contributed by atoms with E-state index in [0.717, 1.165) is 0 Å². The highest BCUT2D eigenvalue weighted by Gasteiger charge is 2.17. The van der Waals surface area contributed by atoms with Crippen molar-refractivity contribution >= 4 is 11.9 Å². The molecule has 4 heteroatoms. The third-order valence-corrected chi connectivity index (χ3v) is 1.11. The number of amides is 1. The van der Waals surface area contributed by atoms with Crippen molar-refractivity contribution in [1.82, 2.24) is 4.90 Å². The Balaban J connectivity index is 4.01. The first-order chi connectivity index (χ1) is 5.13. The molecule has 0 atom stereocenters. The molecule has 62 valence electrons. The molecule has 0 saturated carbocycles. The first-order valence-electron chi connectivity index (χ1n) is 3.07. The van der Waals surface area contributed by atoms with Gasteiger partial charge in [0, 0.05) is 13.6 Å². The number of likely N-dealkylation sites (N-methyl/N-ethyl adjacent to an activating group) is 1. The van der Waals surface area contributed by atoms with Crippen molar-refractivity contribution < 1.29 is 14.3 Å². The number of carbonyl (C=O) groups excluding carboxylic acids is 2. The van der Waals surface area contributed by atoms with Gasteiger partial charge in [0.05, 0.1) is 7.11 Å². The smallest absolute Gasteiger partial charge is 0.396 e. The highest BCUT2D eigenvalue weighted by Crippen LogP contribution is 1.86. The maximum absolute atomic E-state index is 10.9. The molecule has 0 aromatic heterocycles. The number of nitrogens with zero attached hydrogens (tertiary/aromatic N) is 1. The molecule has 4 nitrogen and oxygen atoms in total. The number of carbonyl (C=O) groups is 2. The standard InChI is InChI=1S/C7H11NO3/c1-4-5-8(2)6(9)7(10)11-3/h4H,1,5H2,2-3H3. The number of ether oxygens (including phenoxy) is 1. The fourth-order valence-corrected chi connectivity index (χ4v) is 0.520. The van der Waals surface area contributed by atoms with Crippen molar-refractivity contribution in [1.29, 1.82) is 0 Å². The molecule has 0 radical (unpaired) electrons. The molecule has 0 heterocycles. The quantitative estimate of drug-likeness (QED) is 0.317. The molecule has 0 unspecified atom stereocenters. The Labute approximate surface area is 65.4 Å². The van der Waals surface area contributed by atoms with Crippen LogP contribution in [0.5, 0.6) is 0 Å². The second-order valence-corrected chi connectivity index (χ2v) is 1.97. The lowest BCUT2D eigenvalue weighted by molar-refractivity contribution is -0.157. The Kier molecular flexibility index (Phi) is 3.95. The molecular formula is C7H11NO3. The van der Waals surface area contributed by atoms with Gasteiger partial charge in [0.1, 0.15) is 0 Å². The molecule has 0 saturated heterocycles. The number of hydrogen-bond acceptors (Lipinski definition) is 3. The molecule has 0 aliphatic carbocycles. The van der Waals surface area contributed by atoms with Crippen molar-refractivity contribution in [3.05, 3.63) is 12.7 Å². The van der Waals surface area contributed by atoms with Gasteiger partial charge in [-0.3, -0.25) is 4.79 Å². The zero-order valence-electron chi connectivity index (χ0n) is 6.66. The van der Waals surface area contributed by atoms with Gasteiger partial charge in [-0.1, -0.05) is 6.08 Å². The Hall–Kier alpha value is -1.32. The average Bonchev–Trinajstić information content (AvgIpc) is 2.02. The second kappa shape index (κ2) is 4.49. The zero-order chi connectivity index (χ0) is 8.85. The van der Waals surface area contributed by atoms with Crippen molar-refractivity contribution in [3.63, 3.8) is 0 Å². The van der Waals surface area contributed by atoms with Crippen molar-refractivity contribution in [2.75, 3.05) is 20.7 Å². The Morgan fingerprint density at radius 2 is 2.18 bits per heavy atom. The van der Waals surface area contributed by atoms with Crippen molar-refractivity contribution in [3.8, 4) is 0 Å². The van der Waals surface area contributed by atoms with Crippen LogP contribution >= 0.6 is 0 Å². The lowest BCUT2D eigenvalue weighted by atomic mass is 10.5. The third-order valence-electron chi connectivity index (χ3n) is 1.11. The zero-order valence-corrected chi connectivity index (χ0v) is 6.66. The Morgan fingerprint density at radius 1 is 1.64 bits per heavy atom. The molecule has 11 heavy (non-hydrogen) atoms. The number of hydrogen-bond donors (Lipinski definition) is 0. The van der Waals surface area contributed by atoms with Gasteiger partial charge < -0.3 is 9.64 Å². The predicted molar refractivity (Wildman–Crippen MR) is 39.9 cm³/mol. The minimum absolute atomic E-state index is 0.341. The monoisotopic (exact) mass is 157 g/mol. The highest BCUT2D eigenvalue weighted by atomic mass is 16.5. The van der Waals surface area contributed by atoms with Crippen LogP contribution in [-0.4, -0.2) is 37.5 Å². The van der Waals surface area contributed by atoms with Crippen LogP contribution in [0.4, 0.5) is 0 Å². The topological polar surface area (TPSA) is 46.6 Å². The van der Waals surface area contributed by atoms with E-state index in [1.165, 1.54) is 25.1 Å². The summed E-state index contributed by atoms with van der Waals surface area (Å²) in [6.45, 7) is 3.76. The first-order valence-corrected chi connectivity index (χ1v) is 3.07. The van der Waals surface area contributed by atoms with Crippen LogP contribution in [-0.2, 0) is 14.3 Å². The number of methoxy groups -OCH3 is 1. The van der Waals surface area contributed by atoms with E-state index in [0.29, 0.717) is 6.54 Å². The minimum Gasteiger partial charge on any atom is -0.462 e. The average molecular weight is 157 g/mol. The van der Waals surface area contributed by atoms with Crippen LogP contribution in [0.3, 0.4) is 0 Å². The summed E-state index contributed by atoms with van der Waals surface area (Å²) in [6.07, 6.45) is 1.53. The third kappa shape index (κ3) is 2.84. The van der Waals surface area contributed by atoms with E-state index in [4.69, 9.17) is 0 Å². The van der Waals surface area contributed by atoms with Gasteiger partial charge in [0.25, 0.3) is 0 Å². The Bertz CT molecular complexity index is 177. The van der Waals surface area contributed by atoms with Crippen LogP contribution in [0.1, 0.15) is 0 Å². The molecule has 1 amide bonds. The summed E-state index contributed by atoms with van der Waals surface area (Å²) in [7, 11) is 2.67. The molecule has 0 bridgehead atoms. The van der Waals surface area contributed by atoms with Crippen LogP contribution in [0.25, 0.3) is 0 Å². The van der Waals surface area contributed by atoms with Crippen LogP contribution in [0, 0.1) is 0 Å². The summed E-state index contributed by atoms with van der Waals surface area (Å²) in [5, 5.41) is 0. The molecule has 0 aromatic carbocycles. The van der Waals surface area contributed by atoms with E-state index in [1.807, 2.05) is 0 Å². The van der Waals surface area contributed by atoms with Crippen molar-refractivity contribution in [2.24, 2.45) is 0 Å². The molecular weight excluding hydrogens is 146 g/mol. The van der Waals surface area contributed by atoms with Crippen molar-refractivity contribution in [2.45, 2.75) is 0 Å². The van der Waals surface area contributed by atoms with E-state index < -0.39 is 11.9 Å². The van der Waals surface area contributed by atoms with E-state index in [9.17, 15) is 9.59 Å². The molecule has 0 aliphatic rings. The molecule has 0 N–H and O–H groups in total. The van der Waals surface area contributed by atoms with Gasteiger partial charge in [-0.25, -0.2) is 4.79 Å². The summed E-state index contributed by atoms with van der Waals surface area (Å²) in [5.41, 5.74) is 0. The lowest BCUT2D eigenvalue weighted by Crippen LogP contribution is -2.33. The van der Waals surface area contributed by atoms with E-state index in [-0.39, 0.29) is 0 Å². The molecule has 0 fully saturated rings.